The van der Waals surface area contributed by atoms with Crippen molar-refractivity contribution < 1.29 is 9.53 Å². The van der Waals surface area contributed by atoms with Crippen molar-refractivity contribution in [3.8, 4) is 5.75 Å². The van der Waals surface area contributed by atoms with Crippen LogP contribution >= 0.6 is 0 Å². The minimum Gasteiger partial charge on any atom is -0.484 e. The number of benzene rings is 2. The van der Waals surface area contributed by atoms with E-state index in [0.29, 0.717) is 23.2 Å². The lowest BCUT2D eigenvalue weighted by molar-refractivity contribution is -0.120. The van der Waals surface area contributed by atoms with Gasteiger partial charge in [-0.05, 0) is 49.1 Å². The first kappa shape index (κ1) is 17.9. The predicted molar refractivity (Wildman–Crippen MR) is 112 cm³/mol. The van der Waals surface area contributed by atoms with E-state index in [9.17, 15) is 9.59 Å². The molecule has 0 spiro atoms. The van der Waals surface area contributed by atoms with Crippen molar-refractivity contribution in [3.63, 3.8) is 0 Å². The first-order chi connectivity index (χ1) is 14.2. The molecule has 0 unspecified atom stereocenters. The molecule has 0 N–H and O–H groups in total. The molecule has 2 aromatic carbocycles. The molecule has 0 atom stereocenters. The number of ether oxygens (including phenoxy) is 1. The van der Waals surface area contributed by atoms with Crippen LogP contribution in [0.1, 0.15) is 30.7 Å². The topological polar surface area (TPSA) is 64.4 Å². The molecule has 2 aliphatic rings. The summed E-state index contributed by atoms with van der Waals surface area (Å²) < 4.78 is 7.56. The van der Waals surface area contributed by atoms with Gasteiger partial charge in [0.2, 0.25) is 0 Å². The number of anilines is 1. The third-order valence-electron chi connectivity index (χ3n) is 5.84. The number of carbonyl (C=O) groups is 1. The number of nitrogens with zero attached hydrogens (tertiary/aromatic N) is 3. The molecule has 2 aliphatic heterocycles. The van der Waals surface area contributed by atoms with Crippen LogP contribution in [0.4, 0.5) is 5.69 Å². The molecule has 0 fully saturated rings. The second-order valence-electron chi connectivity index (χ2n) is 7.69. The van der Waals surface area contributed by atoms with Gasteiger partial charge in [0.1, 0.15) is 11.6 Å². The number of rotatable bonds is 3. The van der Waals surface area contributed by atoms with Crippen molar-refractivity contribution in [1.82, 2.24) is 9.55 Å². The normalized spacial score (nSPS) is 15.7. The van der Waals surface area contributed by atoms with Gasteiger partial charge in [-0.3, -0.25) is 14.2 Å². The number of aromatic nitrogens is 2. The van der Waals surface area contributed by atoms with E-state index in [0.717, 1.165) is 50.2 Å². The Hall–Kier alpha value is -3.15. The number of hydrogen-bond acceptors (Lipinski definition) is 4. The van der Waals surface area contributed by atoms with E-state index < -0.39 is 0 Å². The Morgan fingerprint density at radius 2 is 1.93 bits per heavy atom. The van der Waals surface area contributed by atoms with Crippen LogP contribution in [0.3, 0.4) is 0 Å². The molecule has 1 aromatic heterocycles. The Labute approximate surface area is 168 Å². The lowest BCUT2D eigenvalue weighted by Gasteiger charge is -2.17. The molecule has 6 heteroatoms. The van der Waals surface area contributed by atoms with E-state index in [-0.39, 0.29) is 18.1 Å². The van der Waals surface area contributed by atoms with Gasteiger partial charge in [0.05, 0.1) is 10.9 Å². The van der Waals surface area contributed by atoms with Crippen molar-refractivity contribution in [2.45, 2.75) is 38.6 Å². The maximum Gasteiger partial charge on any atom is 0.264 e. The standard InChI is InChI=1S/C23H23N3O3/c27-22(25-13-11-16-6-3-4-7-20(16)25)15-29-17-9-10-19-18(14-17)23(28)26-12-5-1-2-8-21(26)24-19/h3-4,6-7,9-10,14H,1-2,5,8,11-13,15H2. The van der Waals surface area contributed by atoms with Crippen LogP contribution < -0.4 is 15.2 Å². The molecule has 6 nitrogen and oxygen atoms in total. The number of aryl methyl sites for hydroxylation is 1. The van der Waals surface area contributed by atoms with Crippen LogP contribution in [0.2, 0.25) is 0 Å². The fourth-order valence-corrected chi connectivity index (χ4v) is 4.31. The second kappa shape index (κ2) is 7.35. The summed E-state index contributed by atoms with van der Waals surface area (Å²) in [7, 11) is 0. The molecule has 0 bridgehead atoms. The second-order valence-corrected chi connectivity index (χ2v) is 7.69. The van der Waals surface area contributed by atoms with Gasteiger partial charge < -0.3 is 9.64 Å². The molecule has 0 saturated heterocycles. The van der Waals surface area contributed by atoms with Crippen LogP contribution in [-0.2, 0) is 24.2 Å². The zero-order valence-corrected chi connectivity index (χ0v) is 16.3. The first-order valence-corrected chi connectivity index (χ1v) is 10.3. The quantitative estimate of drug-likeness (QED) is 0.691. The Kier molecular flexibility index (Phi) is 4.54. The molecular formula is C23H23N3O3. The maximum atomic E-state index is 13.0. The summed E-state index contributed by atoms with van der Waals surface area (Å²) >= 11 is 0. The van der Waals surface area contributed by atoms with Gasteiger partial charge in [0.25, 0.3) is 11.5 Å². The third-order valence-corrected chi connectivity index (χ3v) is 5.84. The van der Waals surface area contributed by atoms with E-state index in [1.54, 1.807) is 21.6 Å². The fourth-order valence-electron chi connectivity index (χ4n) is 4.31. The van der Waals surface area contributed by atoms with Crippen molar-refractivity contribution in [2.75, 3.05) is 18.1 Å². The van der Waals surface area contributed by atoms with Gasteiger partial charge in [-0.15, -0.1) is 0 Å². The summed E-state index contributed by atoms with van der Waals surface area (Å²) in [5.41, 5.74) is 2.82. The molecule has 1 amide bonds. The Bertz CT molecular complexity index is 1150. The number of hydrogen-bond donors (Lipinski definition) is 0. The molecule has 5 rings (SSSR count). The van der Waals surface area contributed by atoms with E-state index >= 15 is 0 Å². The average Bonchev–Trinajstić information content (AvgIpc) is 3.03. The lowest BCUT2D eigenvalue weighted by atomic mass is 10.2. The van der Waals surface area contributed by atoms with Crippen LogP contribution in [0, 0.1) is 0 Å². The highest BCUT2D eigenvalue weighted by Gasteiger charge is 2.24. The van der Waals surface area contributed by atoms with E-state index in [1.807, 2.05) is 24.3 Å². The monoisotopic (exact) mass is 389 g/mol. The summed E-state index contributed by atoms with van der Waals surface area (Å²) in [5.74, 6) is 1.31. The highest BCUT2D eigenvalue weighted by Crippen LogP contribution is 2.27. The summed E-state index contributed by atoms with van der Waals surface area (Å²) in [6.07, 6.45) is 4.90. The predicted octanol–water partition coefficient (Wildman–Crippen LogP) is 3.09. The summed E-state index contributed by atoms with van der Waals surface area (Å²) in [4.78, 5) is 32.1. The summed E-state index contributed by atoms with van der Waals surface area (Å²) in [5, 5.41) is 0.548. The van der Waals surface area contributed by atoms with Gasteiger partial charge in [-0.2, -0.15) is 0 Å². The zero-order valence-electron chi connectivity index (χ0n) is 16.3. The fraction of sp³-hybridized carbons (Fsp3) is 0.348. The average molecular weight is 389 g/mol. The third kappa shape index (κ3) is 3.28. The molecule has 148 valence electrons. The van der Waals surface area contributed by atoms with Gasteiger partial charge in [0, 0.05) is 25.2 Å². The minimum absolute atomic E-state index is 0.0165. The number of fused-ring (bicyclic) bond motifs is 3. The van der Waals surface area contributed by atoms with Crippen LogP contribution in [0.5, 0.6) is 5.75 Å². The summed E-state index contributed by atoms with van der Waals surface area (Å²) in [6.45, 7) is 1.34. The molecule has 3 aromatic rings. The van der Waals surface area contributed by atoms with Crippen molar-refractivity contribution in [2.24, 2.45) is 0 Å². The molecule has 29 heavy (non-hydrogen) atoms. The minimum atomic E-state index is -0.0770. The van der Waals surface area contributed by atoms with Gasteiger partial charge >= 0.3 is 0 Å². The number of para-hydroxylation sites is 1. The highest BCUT2D eigenvalue weighted by atomic mass is 16.5. The molecule has 0 saturated carbocycles. The summed E-state index contributed by atoms with van der Waals surface area (Å²) in [6, 6.07) is 13.3. The van der Waals surface area contributed by atoms with Crippen LogP contribution in [0.25, 0.3) is 10.9 Å². The molecular weight excluding hydrogens is 366 g/mol. The smallest absolute Gasteiger partial charge is 0.264 e. The SMILES string of the molecule is O=C(COc1ccc2nc3n(c(=O)c2c1)CCCCC3)N1CCc2ccccc21. The molecule has 3 heterocycles. The van der Waals surface area contributed by atoms with Crippen LogP contribution in [-0.4, -0.2) is 28.6 Å². The largest absolute Gasteiger partial charge is 0.484 e. The highest BCUT2D eigenvalue weighted by molar-refractivity contribution is 5.96. The van der Waals surface area contributed by atoms with Gasteiger partial charge in [0.15, 0.2) is 6.61 Å². The molecule has 0 radical (unpaired) electrons. The van der Waals surface area contributed by atoms with Crippen molar-refractivity contribution >= 4 is 22.5 Å². The van der Waals surface area contributed by atoms with Gasteiger partial charge in [-0.25, -0.2) is 4.98 Å². The number of carbonyl (C=O) groups excluding carboxylic acids is 1. The Morgan fingerprint density at radius 1 is 1.03 bits per heavy atom. The van der Waals surface area contributed by atoms with E-state index in [2.05, 4.69) is 6.07 Å². The maximum absolute atomic E-state index is 13.0. The van der Waals surface area contributed by atoms with Crippen LogP contribution in [0.15, 0.2) is 47.3 Å². The molecule has 0 aliphatic carbocycles. The van der Waals surface area contributed by atoms with Crippen molar-refractivity contribution in [1.29, 1.82) is 0 Å². The van der Waals surface area contributed by atoms with E-state index in [1.165, 1.54) is 5.56 Å². The first-order valence-electron chi connectivity index (χ1n) is 10.3. The lowest BCUT2D eigenvalue weighted by Crippen LogP contribution is -2.33. The zero-order chi connectivity index (χ0) is 19.8. The number of amides is 1. The van der Waals surface area contributed by atoms with E-state index in [4.69, 9.17) is 9.72 Å². The van der Waals surface area contributed by atoms with Crippen molar-refractivity contribution in [3.05, 3.63) is 64.2 Å². The van der Waals surface area contributed by atoms with Gasteiger partial charge in [-0.1, -0.05) is 24.6 Å². The Morgan fingerprint density at radius 3 is 2.86 bits per heavy atom. The Balaban J connectivity index is 1.37.